The minimum atomic E-state index is -0.381. The van der Waals surface area contributed by atoms with Crippen LogP contribution >= 0.6 is 0 Å². The summed E-state index contributed by atoms with van der Waals surface area (Å²) in [5.41, 5.74) is 1.66. The standard InChI is InChI=1S/C17H17FN6O2/c1-10-12-8-11(18)2-3-14(12)26-7-5-19-17(25)22-13-9-20-24-6-4-15(21-10)23-16(13)24/h2-4,6,8-10H,5,7H2,1H3,(H,21,23)(H2,19,22,25)/t10-/m1/s1. The molecule has 26 heavy (non-hydrogen) atoms. The van der Waals surface area contributed by atoms with Crippen molar-refractivity contribution >= 4 is 23.2 Å². The minimum absolute atomic E-state index is 0.243. The van der Waals surface area contributed by atoms with Gasteiger partial charge in [0, 0.05) is 11.8 Å². The lowest BCUT2D eigenvalue weighted by atomic mass is 10.1. The van der Waals surface area contributed by atoms with Crippen LogP contribution in [0.4, 0.5) is 20.7 Å². The van der Waals surface area contributed by atoms with Crippen LogP contribution in [0.5, 0.6) is 5.75 Å². The molecule has 2 bridgehead atoms. The molecule has 0 spiro atoms. The van der Waals surface area contributed by atoms with E-state index in [0.29, 0.717) is 35.0 Å². The van der Waals surface area contributed by atoms with Gasteiger partial charge in [-0.15, -0.1) is 0 Å². The van der Waals surface area contributed by atoms with Gasteiger partial charge in [0.1, 0.15) is 29.7 Å². The normalized spacial score (nSPS) is 17.5. The van der Waals surface area contributed by atoms with Crippen LogP contribution in [0.25, 0.3) is 5.65 Å². The first-order valence-electron chi connectivity index (χ1n) is 8.18. The molecule has 3 N–H and O–H groups in total. The summed E-state index contributed by atoms with van der Waals surface area (Å²) < 4.78 is 21.0. The number of rotatable bonds is 0. The van der Waals surface area contributed by atoms with Gasteiger partial charge in [-0.1, -0.05) is 0 Å². The highest BCUT2D eigenvalue weighted by molar-refractivity contribution is 5.93. The summed E-state index contributed by atoms with van der Waals surface area (Å²) >= 11 is 0. The van der Waals surface area contributed by atoms with Gasteiger partial charge >= 0.3 is 6.03 Å². The molecular formula is C17H17FN6O2. The number of aromatic nitrogens is 3. The number of carbonyl (C=O) groups is 1. The molecule has 0 aliphatic carbocycles. The van der Waals surface area contributed by atoms with Crippen LogP contribution in [-0.4, -0.2) is 33.8 Å². The Balaban J connectivity index is 1.76. The molecule has 0 fully saturated rings. The van der Waals surface area contributed by atoms with Crippen molar-refractivity contribution in [3.8, 4) is 5.75 Å². The Hall–Kier alpha value is -3.36. The fourth-order valence-corrected chi connectivity index (χ4v) is 2.82. The molecule has 134 valence electrons. The Morgan fingerprint density at radius 3 is 3.12 bits per heavy atom. The van der Waals surface area contributed by atoms with Crippen LogP contribution in [0.1, 0.15) is 18.5 Å². The molecule has 2 aromatic heterocycles. The number of amides is 2. The number of anilines is 2. The Morgan fingerprint density at radius 1 is 1.35 bits per heavy atom. The second-order valence-corrected chi connectivity index (χ2v) is 5.92. The van der Waals surface area contributed by atoms with E-state index in [9.17, 15) is 9.18 Å². The van der Waals surface area contributed by atoms with E-state index in [1.54, 1.807) is 22.8 Å². The van der Waals surface area contributed by atoms with E-state index in [0.717, 1.165) is 0 Å². The van der Waals surface area contributed by atoms with Crippen molar-refractivity contribution in [2.24, 2.45) is 0 Å². The van der Waals surface area contributed by atoms with Crippen molar-refractivity contribution in [3.05, 3.63) is 48.0 Å². The third kappa shape index (κ3) is 3.10. The van der Waals surface area contributed by atoms with E-state index in [1.807, 2.05) is 6.92 Å². The van der Waals surface area contributed by atoms with E-state index >= 15 is 0 Å². The predicted octanol–water partition coefficient (Wildman–Crippen LogP) is 2.56. The zero-order valence-corrected chi connectivity index (χ0v) is 14.0. The van der Waals surface area contributed by atoms with Crippen LogP contribution < -0.4 is 20.7 Å². The first-order chi connectivity index (χ1) is 12.6. The average molecular weight is 356 g/mol. The fourth-order valence-electron chi connectivity index (χ4n) is 2.82. The zero-order chi connectivity index (χ0) is 18.1. The number of hydrogen-bond acceptors (Lipinski definition) is 5. The lowest BCUT2D eigenvalue weighted by Crippen LogP contribution is -2.32. The average Bonchev–Trinajstić information content (AvgIpc) is 3.01. The van der Waals surface area contributed by atoms with Gasteiger partial charge in [-0.25, -0.2) is 18.7 Å². The van der Waals surface area contributed by atoms with Crippen LogP contribution in [-0.2, 0) is 0 Å². The molecule has 1 atom stereocenters. The summed E-state index contributed by atoms with van der Waals surface area (Å²) in [6.45, 7) is 2.45. The number of fused-ring (bicyclic) bond motifs is 2. The quantitative estimate of drug-likeness (QED) is 0.576. The van der Waals surface area contributed by atoms with Gasteiger partial charge in [-0.05, 0) is 31.2 Å². The second kappa shape index (κ2) is 6.51. The molecule has 0 unspecified atom stereocenters. The van der Waals surface area contributed by atoms with Crippen molar-refractivity contribution in [2.45, 2.75) is 13.0 Å². The maximum absolute atomic E-state index is 13.7. The van der Waals surface area contributed by atoms with Gasteiger partial charge in [0.15, 0.2) is 5.65 Å². The Labute approximate surface area is 148 Å². The van der Waals surface area contributed by atoms with Gasteiger partial charge < -0.3 is 20.7 Å². The molecule has 1 aliphatic rings. The number of hydrogen-bond donors (Lipinski definition) is 3. The summed E-state index contributed by atoms with van der Waals surface area (Å²) in [5.74, 6) is 0.777. The molecule has 9 heteroatoms. The van der Waals surface area contributed by atoms with Crippen molar-refractivity contribution < 1.29 is 13.9 Å². The zero-order valence-electron chi connectivity index (χ0n) is 14.0. The molecule has 0 saturated heterocycles. The third-order valence-electron chi connectivity index (χ3n) is 4.07. The largest absolute Gasteiger partial charge is 0.491 e. The van der Waals surface area contributed by atoms with E-state index in [-0.39, 0.29) is 24.5 Å². The number of ether oxygens (including phenoxy) is 1. The first kappa shape index (κ1) is 16.1. The number of urea groups is 1. The predicted molar refractivity (Wildman–Crippen MR) is 93.9 cm³/mol. The van der Waals surface area contributed by atoms with Crippen LogP contribution in [0.15, 0.2) is 36.7 Å². The first-order valence-corrected chi connectivity index (χ1v) is 8.18. The number of carbonyl (C=O) groups excluding carboxylic acids is 1. The molecule has 2 amide bonds. The second-order valence-electron chi connectivity index (χ2n) is 5.92. The fraction of sp³-hybridized carbons (Fsp3) is 0.235. The monoisotopic (exact) mass is 356 g/mol. The van der Waals surface area contributed by atoms with Gasteiger partial charge in [0.2, 0.25) is 0 Å². The Kier molecular flexibility index (Phi) is 4.04. The van der Waals surface area contributed by atoms with E-state index in [2.05, 4.69) is 26.0 Å². The van der Waals surface area contributed by atoms with Crippen LogP contribution in [0.3, 0.4) is 0 Å². The van der Waals surface area contributed by atoms with Crippen molar-refractivity contribution in [3.63, 3.8) is 0 Å². The topological polar surface area (TPSA) is 92.6 Å². The Morgan fingerprint density at radius 2 is 2.23 bits per heavy atom. The van der Waals surface area contributed by atoms with E-state index in [4.69, 9.17) is 4.74 Å². The molecule has 1 aromatic carbocycles. The summed E-state index contributed by atoms with van der Waals surface area (Å²) in [6.07, 6.45) is 3.26. The van der Waals surface area contributed by atoms with E-state index in [1.165, 1.54) is 18.3 Å². The molecule has 4 rings (SSSR count). The summed E-state index contributed by atoms with van der Waals surface area (Å²) in [5, 5.41) is 12.8. The van der Waals surface area contributed by atoms with Gasteiger partial charge in [-0.3, -0.25) is 0 Å². The van der Waals surface area contributed by atoms with Crippen molar-refractivity contribution in [1.29, 1.82) is 0 Å². The van der Waals surface area contributed by atoms with Gasteiger partial charge in [0.05, 0.1) is 18.8 Å². The van der Waals surface area contributed by atoms with E-state index < -0.39 is 0 Å². The molecule has 3 heterocycles. The highest BCUT2D eigenvalue weighted by atomic mass is 19.1. The van der Waals surface area contributed by atoms with Crippen LogP contribution in [0, 0.1) is 5.82 Å². The van der Waals surface area contributed by atoms with Crippen molar-refractivity contribution in [2.75, 3.05) is 23.8 Å². The smallest absolute Gasteiger partial charge is 0.319 e. The Bertz CT molecular complexity index is 973. The summed E-state index contributed by atoms with van der Waals surface area (Å²) in [4.78, 5) is 16.5. The molecule has 0 radical (unpaired) electrons. The molecule has 1 aliphatic heterocycles. The summed E-state index contributed by atoms with van der Waals surface area (Å²) in [7, 11) is 0. The number of nitrogens with zero attached hydrogens (tertiary/aromatic N) is 3. The van der Waals surface area contributed by atoms with Gasteiger partial charge in [0.25, 0.3) is 0 Å². The highest BCUT2D eigenvalue weighted by Gasteiger charge is 2.16. The lowest BCUT2D eigenvalue weighted by molar-refractivity contribution is 0.247. The molecular weight excluding hydrogens is 339 g/mol. The van der Waals surface area contributed by atoms with Crippen molar-refractivity contribution in [1.82, 2.24) is 19.9 Å². The summed E-state index contributed by atoms with van der Waals surface area (Å²) in [6, 6.07) is 5.49. The SMILES string of the molecule is C[C@H]1Nc2ccn3ncc(c3n2)NC(=O)NCCOc2ccc(F)cc21. The number of halogens is 1. The third-order valence-corrected chi connectivity index (χ3v) is 4.07. The molecule has 3 aromatic rings. The molecule has 0 saturated carbocycles. The van der Waals surface area contributed by atoms with Crippen LogP contribution in [0.2, 0.25) is 0 Å². The van der Waals surface area contributed by atoms with Gasteiger partial charge in [-0.2, -0.15) is 5.10 Å². The molecule has 8 nitrogen and oxygen atoms in total. The highest BCUT2D eigenvalue weighted by Crippen LogP contribution is 2.29. The number of benzene rings is 1. The number of nitrogens with one attached hydrogen (secondary N) is 3. The maximum Gasteiger partial charge on any atom is 0.319 e. The minimum Gasteiger partial charge on any atom is -0.491 e. The lowest BCUT2D eigenvalue weighted by Gasteiger charge is -2.20. The maximum atomic E-state index is 13.7.